The third kappa shape index (κ3) is 4.28. The average molecular weight is 515 g/mol. The van der Waals surface area contributed by atoms with Crippen molar-refractivity contribution in [1.29, 1.82) is 0 Å². The standard InChI is InChI=1S/C27H30N8OS/c28-26-24-25(18-1-6-21-22(14-18)32-23(31-21)13-17-7-12-37-15-17)33-35(27(24)30-16-29-26)20-4-2-19(3-5-20)34-8-10-36-11-9-34/h1,6-7,12,14-16,19-20H,2-5,8-11,13H2,(H,31,32)(H2,28,29,30)/t19-,20-. The Hall–Kier alpha value is -3.34. The van der Waals surface area contributed by atoms with Crippen molar-refractivity contribution in [2.45, 2.75) is 44.2 Å². The fourth-order valence-corrected chi connectivity index (χ4v) is 6.61. The third-order valence-electron chi connectivity index (χ3n) is 7.85. The summed E-state index contributed by atoms with van der Waals surface area (Å²) in [6.07, 6.45) is 6.82. The second-order valence-electron chi connectivity index (χ2n) is 10.1. The van der Waals surface area contributed by atoms with Crippen LogP contribution in [0.5, 0.6) is 0 Å². The molecule has 0 radical (unpaired) electrons. The first-order chi connectivity index (χ1) is 18.2. The lowest BCUT2D eigenvalue weighted by Crippen LogP contribution is -2.45. The quantitative estimate of drug-likeness (QED) is 0.357. The van der Waals surface area contributed by atoms with Crippen LogP contribution in [0.3, 0.4) is 0 Å². The third-order valence-corrected chi connectivity index (χ3v) is 8.58. The monoisotopic (exact) mass is 514 g/mol. The highest BCUT2D eigenvalue weighted by Crippen LogP contribution is 2.37. The highest BCUT2D eigenvalue weighted by Gasteiger charge is 2.30. The molecule has 1 aromatic carbocycles. The van der Waals surface area contributed by atoms with Crippen LogP contribution < -0.4 is 5.73 Å². The van der Waals surface area contributed by atoms with Gasteiger partial charge in [0.2, 0.25) is 0 Å². The van der Waals surface area contributed by atoms with Crippen molar-refractivity contribution in [3.63, 3.8) is 0 Å². The summed E-state index contributed by atoms with van der Waals surface area (Å²) in [5, 5.41) is 10.2. The number of aromatic nitrogens is 6. The first-order valence-electron chi connectivity index (χ1n) is 13.0. The van der Waals surface area contributed by atoms with E-state index in [4.69, 9.17) is 20.6 Å². The van der Waals surface area contributed by atoms with Crippen LogP contribution in [0.4, 0.5) is 5.82 Å². The number of thiophene rings is 1. The van der Waals surface area contributed by atoms with E-state index in [1.54, 1.807) is 17.7 Å². The van der Waals surface area contributed by atoms with Gasteiger partial charge in [0, 0.05) is 31.1 Å². The molecule has 0 bridgehead atoms. The summed E-state index contributed by atoms with van der Waals surface area (Å²) in [7, 11) is 0. The van der Waals surface area contributed by atoms with Gasteiger partial charge in [0.25, 0.3) is 0 Å². The summed E-state index contributed by atoms with van der Waals surface area (Å²) in [5.41, 5.74) is 12.3. The lowest BCUT2D eigenvalue weighted by molar-refractivity contribution is 0.00520. The number of nitrogen functional groups attached to an aromatic ring is 1. The summed E-state index contributed by atoms with van der Waals surface area (Å²) >= 11 is 1.71. The van der Waals surface area contributed by atoms with Crippen LogP contribution in [-0.4, -0.2) is 67.0 Å². The normalized spacial score (nSPS) is 21.2. The molecular formula is C27H30N8OS. The molecule has 0 amide bonds. The van der Waals surface area contributed by atoms with Crippen LogP contribution in [0.15, 0.2) is 41.4 Å². The molecule has 7 rings (SSSR count). The first kappa shape index (κ1) is 22.8. The van der Waals surface area contributed by atoms with Gasteiger partial charge in [0.15, 0.2) is 5.65 Å². The van der Waals surface area contributed by atoms with Gasteiger partial charge in [-0.3, -0.25) is 4.90 Å². The van der Waals surface area contributed by atoms with Crippen molar-refractivity contribution in [3.05, 3.63) is 52.7 Å². The van der Waals surface area contributed by atoms with Crippen molar-refractivity contribution in [2.24, 2.45) is 0 Å². The van der Waals surface area contributed by atoms with E-state index in [-0.39, 0.29) is 0 Å². The molecule has 2 aliphatic rings. The molecule has 1 saturated carbocycles. The number of ether oxygens (including phenoxy) is 1. The molecule has 10 heteroatoms. The first-order valence-corrected chi connectivity index (χ1v) is 14.0. The highest BCUT2D eigenvalue weighted by atomic mass is 32.1. The van der Waals surface area contributed by atoms with Gasteiger partial charge in [-0.25, -0.2) is 19.6 Å². The van der Waals surface area contributed by atoms with E-state index >= 15 is 0 Å². The van der Waals surface area contributed by atoms with Gasteiger partial charge < -0.3 is 15.5 Å². The number of aromatic amines is 1. The highest BCUT2D eigenvalue weighted by molar-refractivity contribution is 7.07. The Labute approximate surface area is 218 Å². The Balaban J connectivity index is 1.20. The van der Waals surface area contributed by atoms with Crippen LogP contribution in [0, 0.1) is 0 Å². The second kappa shape index (κ2) is 9.51. The number of H-pyrrole nitrogens is 1. The summed E-state index contributed by atoms with van der Waals surface area (Å²) in [4.78, 5) is 19.8. The van der Waals surface area contributed by atoms with Crippen molar-refractivity contribution in [3.8, 4) is 11.3 Å². The predicted octanol–water partition coefficient (Wildman–Crippen LogP) is 4.42. The van der Waals surface area contributed by atoms with Gasteiger partial charge in [0.05, 0.1) is 35.7 Å². The van der Waals surface area contributed by atoms with Crippen LogP contribution in [0.1, 0.15) is 43.1 Å². The Kier molecular flexibility index (Phi) is 5.87. The van der Waals surface area contributed by atoms with Gasteiger partial charge in [-0.2, -0.15) is 16.4 Å². The number of hydrogen-bond acceptors (Lipinski definition) is 8. The fourth-order valence-electron chi connectivity index (χ4n) is 5.94. The number of nitrogens with zero attached hydrogens (tertiary/aromatic N) is 6. The average Bonchev–Trinajstić information content (AvgIpc) is 3.68. The molecule has 0 spiro atoms. The second-order valence-corrected chi connectivity index (χ2v) is 10.9. The lowest BCUT2D eigenvalue weighted by Gasteiger charge is -2.38. The van der Waals surface area contributed by atoms with Crippen molar-refractivity contribution in [2.75, 3.05) is 32.0 Å². The van der Waals surface area contributed by atoms with E-state index in [0.717, 1.165) is 97.6 Å². The predicted molar refractivity (Wildman–Crippen MR) is 146 cm³/mol. The molecule has 0 unspecified atom stereocenters. The molecule has 190 valence electrons. The van der Waals surface area contributed by atoms with Crippen LogP contribution in [-0.2, 0) is 11.2 Å². The van der Waals surface area contributed by atoms with Gasteiger partial charge in [-0.05, 0) is 60.2 Å². The number of fused-ring (bicyclic) bond motifs is 2. The molecular weight excluding hydrogens is 484 g/mol. The number of nitrogens with two attached hydrogens (primary N) is 1. The van der Waals surface area contributed by atoms with Crippen LogP contribution in [0.25, 0.3) is 33.3 Å². The van der Waals surface area contributed by atoms with Gasteiger partial charge in [-0.1, -0.05) is 6.07 Å². The Morgan fingerprint density at radius 2 is 1.89 bits per heavy atom. The van der Waals surface area contributed by atoms with Crippen molar-refractivity contribution in [1.82, 2.24) is 34.6 Å². The smallest absolute Gasteiger partial charge is 0.164 e. The molecule has 5 heterocycles. The van der Waals surface area contributed by atoms with E-state index in [9.17, 15) is 0 Å². The maximum atomic E-state index is 6.41. The number of nitrogens with one attached hydrogen (secondary N) is 1. The molecule has 3 N–H and O–H groups in total. The Bertz CT molecular complexity index is 1530. The number of rotatable bonds is 5. The molecule has 37 heavy (non-hydrogen) atoms. The van der Waals surface area contributed by atoms with E-state index in [2.05, 4.69) is 59.6 Å². The van der Waals surface area contributed by atoms with Crippen molar-refractivity contribution >= 4 is 39.2 Å². The number of benzene rings is 1. The Morgan fingerprint density at radius 1 is 1.05 bits per heavy atom. The zero-order valence-electron chi connectivity index (χ0n) is 20.6. The minimum Gasteiger partial charge on any atom is -0.383 e. The topological polar surface area (TPSA) is 111 Å². The minimum absolute atomic E-state index is 0.302. The summed E-state index contributed by atoms with van der Waals surface area (Å²) in [5.74, 6) is 1.43. The number of anilines is 1. The molecule has 5 aromatic rings. The molecule has 4 aromatic heterocycles. The summed E-state index contributed by atoms with van der Waals surface area (Å²) < 4.78 is 7.66. The van der Waals surface area contributed by atoms with Crippen LogP contribution in [0.2, 0.25) is 0 Å². The minimum atomic E-state index is 0.302. The van der Waals surface area contributed by atoms with E-state index < -0.39 is 0 Å². The van der Waals surface area contributed by atoms with E-state index in [1.165, 1.54) is 5.56 Å². The molecule has 1 aliphatic carbocycles. The maximum absolute atomic E-state index is 6.41. The van der Waals surface area contributed by atoms with E-state index in [0.29, 0.717) is 17.9 Å². The summed E-state index contributed by atoms with van der Waals surface area (Å²) in [6, 6.07) is 9.32. The molecule has 1 aliphatic heterocycles. The van der Waals surface area contributed by atoms with Crippen LogP contribution >= 0.6 is 11.3 Å². The summed E-state index contributed by atoms with van der Waals surface area (Å²) in [6.45, 7) is 3.77. The molecule has 9 nitrogen and oxygen atoms in total. The molecule has 1 saturated heterocycles. The van der Waals surface area contributed by atoms with Gasteiger partial charge >= 0.3 is 0 Å². The fraction of sp³-hybridized carbons (Fsp3) is 0.407. The number of morpholine rings is 1. The zero-order valence-corrected chi connectivity index (χ0v) is 21.5. The largest absolute Gasteiger partial charge is 0.383 e. The maximum Gasteiger partial charge on any atom is 0.164 e. The Morgan fingerprint density at radius 3 is 2.70 bits per heavy atom. The van der Waals surface area contributed by atoms with E-state index in [1.807, 2.05) is 0 Å². The lowest BCUT2D eigenvalue weighted by atomic mass is 9.90. The number of imidazole rings is 1. The van der Waals surface area contributed by atoms with Gasteiger partial charge in [0.1, 0.15) is 23.7 Å². The SMILES string of the molecule is Nc1ncnc2c1c(-c1ccc3nc(Cc4ccsc4)[nH]c3c1)nn2[C@H]1CC[C@H](N2CCOCC2)CC1. The molecule has 0 atom stereocenters. The zero-order chi connectivity index (χ0) is 24.8. The molecule has 2 fully saturated rings. The van der Waals surface area contributed by atoms with Crippen molar-refractivity contribution < 1.29 is 4.74 Å². The van der Waals surface area contributed by atoms with Gasteiger partial charge in [-0.15, -0.1) is 0 Å². The number of hydrogen-bond donors (Lipinski definition) is 2.